The fraction of sp³-hybridized carbons (Fsp3) is 0.526. The molecule has 0 aromatic heterocycles. The lowest BCUT2D eigenvalue weighted by Crippen LogP contribution is -2.33. The van der Waals surface area contributed by atoms with E-state index < -0.39 is 0 Å². The van der Waals surface area contributed by atoms with Gasteiger partial charge in [0, 0.05) is 11.8 Å². The molecule has 3 atom stereocenters. The molecule has 2 fully saturated rings. The van der Waals surface area contributed by atoms with Crippen LogP contribution in [-0.2, 0) is 0 Å². The molecule has 3 aliphatic rings. The van der Waals surface area contributed by atoms with Gasteiger partial charge in [0.2, 0.25) is 0 Å². The van der Waals surface area contributed by atoms with Gasteiger partial charge in [0.25, 0.3) is 0 Å². The van der Waals surface area contributed by atoms with Gasteiger partial charge < -0.3 is 0 Å². The maximum atomic E-state index is 2.43. The summed E-state index contributed by atoms with van der Waals surface area (Å²) in [6.45, 7) is 7.23. The molecule has 2 saturated carbocycles. The van der Waals surface area contributed by atoms with Gasteiger partial charge in [-0.25, -0.2) is 0 Å². The molecule has 0 spiro atoms. The number of hydrogen-bond acceptors (Lipinski definition) is 0. The molecule has 0 nitrogen and oxygen atoms in total. The minimum atomic E-state index is 0.767. The summed E-state index contributed by atoms with van der Waals surface area (Å²) in [4.78, 5) is 0. The Morgan fingerprint density at radius 3 is 2.63 bits per heavy atom. The Hall–Kier alpha value is -0.520. The lowest BCUT2D eigenvalue weighted by Gasteiger charge is -2.42. The topological polar surface area (TPSA) is 0 Å². The molecule has 0 aromatic rings. The minimum Gasteiger partial charge on any atom is -0.0762 e. The van der Waals surface area contributed by atoms with Crippen LogP contribution in [0.2, 0.25) is 0 Å². The molecule has 0 saturated heterocycles. The van der Waals surface area contributed by atoms with Gasteiger partial charge in [-0.3, -0.25) is 0 Å². The van der Waals surface area contributed by atoms with E-state index in [1.54, 1.807) is 5.92 Å². The maximum absolute atomic E-state index is 2.43. The molecule has 0 unspecified atom stereocenters. The standard InChI is InChI=1S/C19H25/c1-13(2)16-10-8-14(3)12-19(16)18-11-9-15-6-4-5-7-17(15)18/h4-7,9,11,13-14,16,19H,8,10,12H2,1-3H3/t14-,16+,19+/m0/s1. The van der Waals surface area contributed by atoms with Crippen molar-refractivity contribution >= 4 is 0 Å². The molecule has 0 amide bonds. The van der Waals surface area contributed by atoms with Crippen LogP contribution in [0.1, 0.15) is 40.0 Å². The fourth-order valence-electron chi connectivity index (χ4n) is 4.06. The third kappa shape index (κ3) is 2.56. The lowest BCUT2D eigenvalue weighted by atomic mass is 9.63. The van der Waals surface area contributed by atoms with Gasteiger partial charge in [0.15, 0.2) is 0 Å². The van der Waals surface area contributed by atoms with Crippen LogP contribution in [0.3, 0.4) is 0 Å². The molecule has 5 radical (unpaired) electrons. The van der Waals surface area contributed by atoms with Crippen LogP contribution in [-0.4, -0.2) is 0 Å². The van der Waals surface area contributed by atoms with Crippen LogP contribution in [0.5, 0.6) is 0 Å². The van der Waals surface area contributed by atoms with Crippen LogP contribution in [0, 0.1) is 54.3 Å². The summed E-state index contributed by atoms with van der Waals surface area (Å²) in [6.07, 6.45) is 17.8. The summed E-state index contributed by atoms with van der Waals surface area (Å²) in [6, 6.07) is 0. The van der Waals surface area contributed by atoms with Crippen molar-refractivity contribution in [2.45, 2.75) is 40.0 Å². The third-order valence-electron chi connectivity index (χ3n) is 5.14. The van der Waals surface area contributed by atoms with Crippen LogP contribution in [0.4, 0.5) is 0 Å². The Bertz CT molecular complexity index is 362. The Morgan fingerprint density at radius 2 is 1.84 bits per heavy atom. The number of allylic oxidation sites excluding steroid dienone is 4. The Kier molecular flexibility index (Phi) is 3.87. The highest BCUT2D eigenvalue weighted by molar-refractivity contribution is 5.62. The molecular weight excluding hydrogens is 228 g/mol. The zero-order valence-electron chi connectivity index (χ0n) is 12.4. The van der Waals surface area contributed by atoms with Crippen molar-refractivity contribution in [3.05, 3.63) is 54.9 Å². The minimum absolute atomic E-state index is 0.767. The van der Waals surface area contributed by atoms with E-state index in [9.17, 15) is 0 Å². The van der Waals surface area contributed by atoms with Crippen molar-refractivity contribution < 1.29 is 0 Å². The van der Waals surface area contributed by atoms with Crippen molar-refractivity contribution in [2.24, 2.45) is 23.7 Å². The second-order valence-corrected chi connectivity index (χ2v) is 6.81. The van der Waals surface area contributed by atoms with Crippen LogP contribution in [0.25, 0.3) is 0 Å². The summed E-state index contributed by atoms with van der Waals surface area (Å²) in [5, 5.41) is 0. The predicted octanol–water partition coefficient (Wildman–Crippen LogP) is 4.97. The Morgan fingerprint density at radius 1 is 1.05 bits per heavy atom. The van der Waals surface area contributed by atoms with Crippen molar-refractivity contribution in [3.63, 3.8) is 0 Å². The zero-order valence-corrected chi connectivity index (χ0v) is 12.4. The zero-order chi connectivity index (χ0) is 13.4. The van der Waals surface area contributed by atoms with Crippen LogP contribution in [0.15, 0.2) is 24.3 Å². The average Bonchev–Trinajstić information content (AvgIpc) is 2.82. The second-order valence-electron chi connectivity index (χ2n) is 6.81. The Labute approximate surface area is 119 Å². The molecular formula is C19H25. The highest BCUT2D eigenvalue weighted by Crippen LogP contribution is 2.54. The molecule has 0 aliphatic heterocycles. The first kappa shape index (κ1) is 13.5. The summed E-state index contributed by atoms with van der Waals surface area (Å²) in [7, 11) is 0. The monoisotopic (exact) mass is 253 g/mol. The summed E-state index contributed by atoms with van der Waals surface area (Å²) < 4.78 is 0. The molecule has 19 heavy (non-hydrogen) atoms. The van der Waals surface area contributed by atoms with E-state index in [0.29, 0.717) is 0 Å². The van der Waals surface area contributed by atoms with Crippen LogP contribution >= 0.6 is 0 Å². The van der Waals surface area contributed by atoms with E-state index in [1.807, 2.05) is 0 Å². The lowest BCUT2D eigenvalue weighted by molar-refractivity contribution is 0.158. The summed E-state index contributed by atoms with van der Waals surface area (Å²) >= 11 is 0. The number of hydrogen-bond donors (Lipinski definition) is 0. The van der Waals surface area contributed by atoms with Gasteiger partial charge >= 0.3 is 0 Å². The first-order valence-corrected chi connectivity index (χ1v) is 7.81. The predicted molar refractivity (Wildman–Crippen MR) is 81.4 cm³/mol. The first-order valence-electron chi connectivity index (χ1n) is 7.81. The molecule has 0 heteroatoms. The number of fused-ring (bicyclic) bond motifs is 1. The summed E-state index contributed by atoms with van der Waals surface area (Å²) in [5.74, 6) is 7.83. The number of rotatable bonds is 2. The van der Waals surface area contributed by atoms with Gasteiger partial charge in [0.05, 0.1) is 0 Å². The SMILES string of the molecule is CC(C)[C@H]1CC[C@H](C)C[C@H]1[C]1[CH][CH][C]2C=CC=C[C]21. The van der Waals surface area contributed by atoms with E-state index in [1.165, 1.54) is 31.1 Å². The highest BCUT2D eigenvalue weighted by Gasteiger charge is 2.44. The summed E-state index contributed by atoms with van der Waals surface area (Å²) in [5.41, 5.74) is 0. The quantitative estimate of drug-likeness (QED) is 0.652. The van der Waals surface area contributed by atoms with E-state index in [-0.39, 0.29) is 0 Å². The van der Waals surface area contributed by atoms with Gasteiger partial charge in [-0.15, -0.1) is 0 Å². The third-order valence-corrected chi connectivity index (χ3v) is 5.14. The van der Waals surface area contributed by atoms with E-state index in [0.717, 1.165) is 23.7 Å². The van der Waals surface area contributed by atoms with Crippen molar-refractivity contribution in [1.29, 1.82) is 0 Å². The van der Waals surface area contributed by atoms with Gasteiger partial charge in [-0.2, -0.15) is 0 Å². The van der Waals surface area contributed by atoms with Gasteiger partial charge in [0.1, 0.15) is 0 Å². The molecule has 101 valence electrons. The van der Waals surface area contributed by atoms with Crippen molar-refractivity contribution in [2.75, 3.05) is 0 Å². The molecule has 0 bridgehead atoms. The van der Waals surface area contributed by atoms with Gasteiger partial charge in [-0.1, -0.05) is 51.5 Å². The van der Waals surface area contributed by atoms with Crippen molar-refractivity contribution in [3.8, 4) is 0 Å². The normalized spacial score (nSPS) is 37.2. The van der Waals surface area contributed by atoms with Crippen molar-refractivity contribution in [1.82, 2.24) is 0 Å². The molecule has 0 aromatic carbocycles. The van der Waals surface area contributed by atoms with Gasteiger partial charge in [-0.05, 0) is 55.3 Å². The van der Waals surface area contributed by atoms with E-state index in [4.69, 9.17) is 0 Å². The van der Waals surface area contributed by atoms with E-state index in [2.05, 4.69) is 57.9 Å². The Balaban J connectivity index is 1.78. The molecule has 0 N–H and O–H groups in total. The fourth-order valence-corrected chi connectivity index (χ4v) is 4.06. The highest BCUT2D eigenvalue weighted by atomic mass is 14.5. The maximum Gasteiger partial charge on any atom is 0.0161 e. The van der Waals surface area contributed by atoms with E-state index >= 15 is 0 Å². The smallest absolute Gasteiger partial charge is 0.0161 e. The molecule has 3 aliphatic carbocycles. The second kappa shape index (κ2) is 5.46. The first-order chi connectivity index (χ1) is 9.16. The molecule has 0 heterocycles. The van der Waals surface area contributed by atoms with Crippen LogP contribution < -0.4 is 0 Å². The largest absolute Gasteiger partial charge is 0.0762 e. The average molecular weight is 253 g/mol. The molecule has 3 rings (SSSR count).